The number of aliphatic hydroxyl groups excluding tert-OH is 1. The second-order valence-electron chi connectivity index (χ2n) is 6.86. The lowest BCUT2D eigenvalue weighted by atomic mass is 9.88. The van der Waals surface area contributed by atoms with Crippen LogP contribution in [-0.4, -0.2) is 34.8 Å². The van der Waals surface area contributed by atoms with E-state index in [9.17, 15) is 9.90 Å². The first-order valence-electron chi connectivity index (χ1n) is 7.77. The number of carbonyl (C=O) groups excluding carboxylic acids is 1. The normalized spacial score (nSPS) is 16.6. The molecule has 1 heterocycles. The van der Waals surface area contributed by atoms with Gasteiger partial charge in [0, 0.05) is 24.3 Å². The molecule has 1 amide bonds. The van der Waals surface area contributed by atoms with Gasteiger partial charge in [0.25, 0.3) is 0 Å². The monoisotopic (exact) mass is 306 g/mol. The Morgan fingerprint density at radius 2 is 2.00 bits per heavy atom. The summed E-state index contributed by atoms with van der Waals surface area (Å²) < 4.78 is 5.41. The Morgan fingerprint density at radius 1 is 1.36 bits per heavy atom. The zero-order valence-corrected chi connectivity index (χ0v) is 13.6. The fourth-order valence-electron chi connectivity index (χ4n) is 2.74. The molecule has 2 rings (SSSR count). The van der Waals surface area contributed by atoms with E-state index >= 15 is 0 Å². The van der Waals surface area contributed by atoms with E-state index in [0.717, 1.165) is 18.4 Å². The van der Waals surface area contributed by atoms with Crippen LogP contribution in [0.4, 0.5) is 10.5 Å². The predicted molar refractivity (Wildman–Crippen MR) is 86.6 cm³/mol. The fraction of sp³-hybridized carbons (Fsp3) is 0.588. The maximum atomic E-state index is 12.1. The molecule has 1 aromatic rings. The summed E-state index contributed by atoms with van der Waals surface area (Å²) in [6.07, 6.45) is 1.56. The third-order valence-electron chi connectivity index (χ3n) is 3.96. The SMILES string of the molecule is CC(C)(C)OC(=O)N1CCC(c2ccc(N)c(CO)c2)CC1. The summed E-state index contributed by atoms with van der Waals surface area (Å²) in [4.78, 5) is 13.8. The van der Waals surface area contributed by atoms with E-state index in [1.165, 1.54) is 5.56 Å². The van der Waals surface area contributed by atoms with Crippen LogP contribution in [0.3, 0.4) is 0 Å². The molecule has 0 aliphatic carbocycles. The highest BCUT2D eigenvalue weighted by molar-refractivity contribution is 5.68. The molecule has 5 nitrogen and oxygen atoms in total. The Kier molecular flexibility index (Phi) is 4.96. The average Bonchev–Trinajstić information content (AvgIpc) is 2.46. The molecule has 0 aromatic heterocycles. The van der Waals surface area contributed by atoms with E-state index < -0.39 is 5.60 Å². The minimum Gasteiger partial charge on any atom is -0.444 e. The van der Waals surface area contributed by atoms with Crippen LogP contribution in [0.25, 0.3) is 0 Å². The van der Waals surface area contributed by atoms with Crippen molar-refractivity contribution >= 4 is 11.8 Å². The molecule has 3 N–H and O–H groups in total. The van der Waals surface area contributed by atoms with Gasteiger partial charge >= 0.3 is 6.09 Å². The Balaban J connectivity index is 1.96. The van der Waals surface area contributed by atoms with Crippen LogP contribution in [0.5, 0.6) is 0 Å². The van der Waals surface area contributed by atoms with Gasteiger partial charge in [0.1, 0.15) is 5.60 Å². The molecule has 0 bridgehead atoms. The lowest BCUT2D eigenvalue weighted by molar-refractivity contribution is 0.0205. The quantitative estimate of drug-likeness (QED) is 0.824. The Hall–Kier alpha value is -1.75. The summed E-state index contributed by atoms with van der Waals surface area (Å²) in [6.45, 7) is 6.97. The number of hydrogen-bond acceptors (Lipinski definition) is 4. The lowest BCUT2D eigenvalue weighted by Crippen LogP contribution is -2.41. The number of likely N-dealkylation sites (tertiary alicyclic amines) is 1. The molecule has 0 radical (unpaired) electrons. The first-order chi connectivity index (χ1) is 10.3. The molecule has 0 atom stereocenters. The van der Waals surface area contributed by atoms with Crippen molar-refractivity contribution in [3.05, 3.63) is 29.3 Å². The van der Waals surface area contributed by atoms with Gasteiger partial charge in [-0.25, -0.2) is 4.79 Å². The molecule has 5 heteroatoms. The molecule has 1 aromatic carbocycles. The number of nitrogen functional groups attached to an aromatic ring is 1. The molecule has 1 aliphatic rings. The van der Waals surface area contributed by atoms with Gasteiger partial charge in [-0.2, -0.15) is 0 Å². The largest absolute Gasteiger partial charge is 0.444 e. The Labute approximate surface area is 132 Å². The van der Waals surface area contributed by atoms with E-state index in [1.54, 1.807) is 4.90 Å². The lowest BCUT2D eigenvalue weighted by Gasteiger charge is -2.33. The van der Waals surface area contributed by atoms with Gasteiger partial charge in [-0.1, -0.05) is 12.1 Å². The summed E-state index contributed by atoms with van der Waals surface area (Å²) in [7, 11) is 0. The van der Waals surface area contributed by atoms with Crippen LogP contribution in [0, 0.1) is 0 Å². The molecule has 0 spiro atoms. The summed E-state index contributed by atoms with van der Waals surface area (Å²) in [6, 6.07) is 5.84. The minimum absolute atomic E-state index is 0.0452. The standard InChI is InChI=1S/C17H26N2O3/c1-17(2,3)22-16(21)19-8-6-12(7-9-19)13-4-5-15(18)14(10-13)11-20/h4-5,10,12,20H,6-9,11,18H2,1-3H3. The van der Waals surface area contributed by atoms with Gasteiger partial charge in [0.05, 0.1) is 6.61 Å². The number of carbonyl (C=O) groups is 1. The molecule has 1 saturated heterocycles. The third kappa shape index (κ3) is 4.13. The van der Waals surface area contributed by atoms with Crippen molar-refractivity contribution in [3.8, 4) is 0 Å². The number of anilines is 1. The fourth-order valence-corrected chi connectivity index (χ4v) is 2.74. The van der Waals surface area contributed by atoms with Crippen LogP contribution < -0.4 is 5.73 Å². The Bertz CT molecular complexity index is 529. The van der Waals surface area contributed by atoms with Crippen molar-refractivity contribution < 1.29 is 14.6 Å². The van der Waals surface area contributed by atoms with Crippen molar-refractivity contribution in [1.82, 2.24) is 4.90 Å². The van der Waals surface area contributed by atoms with Gasteiger partial charge in [-0.15, -0.1) is 0 Å². The number of piperidine rings is 1. The molecular formula is C17H26N2O3. The number of hydrogen-bond donors (Lipinski definition) is 2. The number of ether oxygens (including phenoxy) is 1. The third-order valence-corrected chi connectivity index (χ3v) is 3.96. The van der Waals surface area contributed by atoms with Crippen molar-refractivity contribution in [2.75, 3.05) is 18.8 Å². The molecule has 22 heavy (non-hydrogen) atoms. The molecule has 1 aliphatic heterocycles. The number of aliphatic hydroxyl groups is 1. The zero-order valence-electron chi connectivity index (χ0n) is 13.6. The van der Waals surface area contributed by atoms with E-state index in [2.05, 4.69) is 0 Å². The van der Waals surface area contributed by atoms with Crippen LogP contribution in [0.15, 0.2) is 18.2 Å². The number of benzene rings is 1. The van der Waals surface area contributed by atoms with Crippen molar-refractivity contribution in [3.63, 3.8) is 0 Å². The summed E-state index contributed by atoms with van der Waals surface area (Å²) in [5, 5.41) is 9.31. The van der Waals surface area contributed by atoms with Crippen molar-refractivity contribution in [1.29, 1.82) is 0 Å². The zero-order chi connectivity index (χ0) is 16.3. The van der Waals surface area contributed by atoms with Gasteiger partial charge in [0.15, 0.2) is 0 Å². The van der Waals surface area contributed by atoms with Gasteiger partial charge < -0.3 is 20.5 Å². The summed E-state index contributed by atoms with van der Waals surface area (Å²) in [5.74, 6) is 0.393. The van der Waals surface area contributed by atoms with Crippen molar-refractivity contribution in [2.45, 2.75) is 51.7 Å². The summed E-state index contributed by atoms with van der Waals surface area (Å²) >= 11 is 0. The topological polar surface area (TPSA) is 75.8 Å². The highest BCUT2D eigenvalue weighted by Gasteiger charge is 2.27. The Morgan fingerprint density at radius 3 is 2.55 bits per heavy atom. The van der Waals surface area contributed by atoms with Gasteiger partial charge in [-0.05, 0) is 51.2 Å². The second kappa shape index (κ2) is 6.57. The number of amides is 1. The van der Waals surface area contributed by atoms with E-state index in [1.807, 2.05) is 39.0 Å². The predicted octanol–water partition coefficient (Wildman–Crippen LogP) is 2.88. The molecule has 0 unspecified atom stereocenters. The first kappa shape index (κ1) is 16.6. The second-order valence-corrected chi connectivity index (χ2v) is 6.86. The minimum atomic E-state index is -0.457. The van der Waals surface area contributed by atoms with Crippen molar-refractivity contribution in [2.24, 2.45) is 0 Å². The smallest absolute Gasteiger partial charge is 0.410 e. The highest BCUT2D eigenvalue weighted by atomic mass is 16.6. The first-order valence-corrected chi connectivity index (χ1v) is 7.77. The molecule has 122 valence electrons. The van der Waals surface area contributed by atoms with Crippen LogP contribution in [-0.2, 0) is 11.3 Å². The maximum absolute atomic E-state index is 12.1. The average molecular weight is 306 g/mol. The molecule has 0 saturated carbocycles. The van der Waals surface area contributed by atoms with E-state index in [0.29, 0.717) is 24.7 Å². The summed E-state index contributed by atoms with van der Waals surface area (Å²) in [5.41, 5.74) is 7.94. The van der Waals surface area contributed by atoms with Crippen LogP contribution in [0.2, 0.25) is 0 Å². The van der Waals surface area contributed by atoms with Gasteiger partial charge in [0.2, 0.25) is 0 Å². The van der Waals surface area contributed by atoms with E-state index in [4.69, 9.17) is 10.5 Å². The molecular weight excluding hydrogens is 280 g/mol. The maximum Gasteiger partial charge on any atom is 0.410 e. The van der Waals surface area contributed by atoms with Crippen LogP contribution in [0.1, 0.15) is 50.7 Å². The number of nitrogens with zero attached hydrogens (tertiary/aromatic N) is 1. The molecule has 1 fully saturated rings. The van der Waals surface area contributed by atoms with E-state index in [-0.39, 0.29) is 12.7 Å². The highest BCUT2D eigenvalue weighted by Crippen LogP contribution is 2.30. The number of rotatable bonds is 2. The van der Waals surface area contributed by atoms with Crippen LogP contribution >= 0.6 is 0 Å². The van der Waals surface area contributed by atoms with Gasteiger partial charge in [-0.3, -0.25) is 0 Å². The number of nitrogens with two attached hydrogens (primary N) is 1.